The first-order valence-electron chi connectivity index (χ1n) is 9.36. The number of carbonyl (C=O) groups excluding carboxylic acids is 3. The van der Waals surface area contributed by atoms with Crippen LogP contribution in [-0.2, 0) is 11.2 Å². The maximum atomic E-state index is 12.9. The van der Waals surface area contributed by atoms with Crippen molar-refractivity contribution in [3.8, 4) is 0 Å². The molecule has 29 heavy (non-hydrogen) atoms. The molecule has 1 aliphatic heterocycles. The number of halogens is 2. The van der Waals surface area contributed by atoms with Crippen molar-refractivity contribution in [3.63, 3.8) is 0 Å². The molecule has 0 bridgehead atoms. The number of amides is 3. The third kappa shape index (κ3) is 4.89. The number of carbonyl (C=O) groups is 3. The van der Waals surface area contributed by atoms with Crippen molar-refractivity contribution in [3.05, 3.63) is 69.2 Å². The summed E-state index contributed by atoms with van der Waals surface area (Å²) >= 11 is 12.1. The van der Waals surface area contributed by atoms with Crippen LogP contribution in [0.25, 0.3) is 0 Å². The summed E-state index contributed by atoms with van der Waals surface area (Å²) in [5.74, 6) is -1.24. The SMILES string of the molecule is CCc1ccc(C(=O)NNC(=O)C2CCCN2C(=O)c2cc(Cl)ccc2Cl)cc1. The minimum Gasteiger partial charge on any atom is -0.327 e. The average molecular weight is 434 g/mol. The van der Waals surface area contributed by atoms with Gasteiger partial charge >= 0.3 is 0 Å². The van der Waals surface area contributed by atoms with Gasteiger partial charge in [-0.2, -0.15) is 0 Å². The molecule has 3 rings (SSSR count). The van der Waals surface area contributed by atoms with Crippen LogP contribution in [-0.4, -0.2) is 35.2 Å². The molecule has 152 valence electrons. The lowest BCUT2D eigenvalue weighted by Crippen LogP contribution is -2.51. The fraction of sp³-hybridized carbons (Fsp3) is 0.286. The first kappa shape index (κ1) is 21.1. The molecule has 1 heterocycles. The zero-order valence-electron chi connectivity index (χ0n) is 15.9. The molecule has 0 spiro atoms. The van der Waals surface area contributed by atoms with E-state index in [0.29, 0.717) is 30.0 Å². The Morgan fingerprint density at radius 2 is 1.79 bits per heavy atom. The van der Waals surface area contributed by atoms with Gasteiger partial charge in [0.1, 0.15) is 6.04 Å². The van der Waals surface area contributed by atoms with Crippen LogP contribution < -0.4 is 10.9 Å². The van der Waals surface area contributed by atoms with E-state index in [4.69, 9.17) is 23.2 Å². The first-order valence-corrected chi connectivity index (χ1v) is 10.1. The number of rotatable bonds is 4. The number of hydrogen-bond acceptors (Lipinski definition) is 3. The summed E-state index contributed by atoms with van der Waals surface area (Å²) in [7, 11) is 0. The molecule has 6 nitrogen and oxygen atoms in total. The number of nitrogens with zero attached hydrogens (tertiary/aromatic N) is 1. The molecule has 1 aliphatic rings. The van der Waals surface area contributed by atoms with Gasteiger partial charge in [0.15, 0.2) is 0 Å². The van der Waals surface area contributed by atoms with Crippen LogP contribution in [0.2, 0.25) is 10.0 Å². The summed E-state index contributed by atoms with van der Waals surface area (Å²) in [6, 6.07) is 11.1. The van der Waals surface area contributed by atoms with E-state index in [1.54, 1.807) is 24.3 Å². The second-order valence-corrected chi connectivity index (χ2v) is 7.62. The molecule has 1 unspecified atom stereocenters. The van der Waals surface area contributed by atoms with Gasteiger partial charge < -0.3 is 4.90 Å². The molecule has 2 N–H and O–H groups in total. The highest BCUT2D eigenvalue weighted by atomic mass is 35.5. The normalized spacial score (nSPS) is 15.8. The van der Waals surface area contributed by atoms with E-state index in [2.05, 4.69) is 10.9 Å². The molecular formula is C21H21Cl2N3O3. The third-order valence-electron chi connectivity index (χ3n) is 4.90. The van der Waals surface area contributed by atoms with Crippen LogP contribution in [0.5, 0.6) is 0 Å². The van der Waals surface area contributed by atoms with Crippen LogP contribution in [0.4, 0.5) is 0 Å². The number of likely N-dealkylation sites (tertiary alicyclic amines) is 1. The van der Waals surface area contributed by atoms with Crippen LogP contribution in [0, 0.1) is 0 Å². The Bertz CT molecular complexity index is 931. The molecule has 2 aromatic rings. The topological polar surface area (TPSA) is 78.5 Å². The second-order valence-electron chi connectivity index (χ2n) is 6.77. The summed E-state index contributed by atoms with van der Waals surface area (Å²) in [4.78, 5) is 39.2. The lowest BCUT2D eigenvalue weighted by Gasteiger charge is -2.24. The monoisotopic (exact) mass is 433 g/mol. The van der Waals surface area contributed by atoms with Gasteiger partial charge in [-0.3, -0.25) is 25.2 Å². The third-order valence-corrected chi connectivity index (χ3v) is 5.46. The highest BCUT2D eigenvalue weighted by molar-refractivity contribution is 6.35. The Hall–Kier alpha value is -2.57. The molecule has 0 aliphatic carbocycles. The van der Waals surface area contributed by atoms with E-state index in [1.807, 2.05) is 19.1 Å². The first-order chi connectivity index (χ1) is 13.9. The van der Waals surface area contributed by atoms with Crippen molar-refractivity contribution in [2.24, 2.45) is 0 Å². The largest absolute Gasteiger partial charge is 0.327 e. The molecule has 1 atom stereocenters. The quantitative estimate of drug-likeness (QED) is 0.722. The van der Waals surface area contributed by atoms with E-state index in [9.17, 15) is 14.4 Å². The van der Waals surface area contributed by atoms with Crippen LogP contribution in [0.15, 0.2) is 42.5 Å². The predicted molar refractivity (Wildman–Crippen MR) is 112 cm³/mol. The van der Waals surface area contributed by atoms with Crippen LogP contribution in [0.3, 0.4) is 0 Å². The number of aryl methyl sites for hydroxylation is 1. The van der Waals surface area contributed by atoms with E-state index in [-0.39, 0.29) is 16.5 Å². The van der Waals surface area contributed by atoms with E-state index >= 15 is 0 Å². The summed E-state index contributed by atoms with van der Waals surface area (Å²) in [5, 5.41) is 0.661. The van der Waals surface area contributed by atoms with E-state index in [0.717, 1.165) is 12.0 Å². The minimum absolute atomic E-state index is 0.249. The fourth-order valence-electron chi connectivity index (χ4n) is 3.26. The Morgan fingerprint density at radius 1 is 1.07 bits per heavy atom. The molecular weight excluding hydrogens is 413 g/mol. The maximum absolute atomic E-state index is 12.9. The van der Waals surface area contributed by atoms with Crippen molar-refractivity contribution in [1.29, 1.82) is 0 Å². The lowest BCUT2D eigenvalue weighted by atomic mass is 10.1. The molecule has 1 fully saturated rings. The summed E-state index contributed by atoms with van der Waals surface area (Å²) in [5.41, 5.74) is 6.63. The second kappa shape index (κ2) is 9.29. The Kier molecular flexibility index (Phi) is 6.77. The molecule has 1 saturated heterocycles. The lowest BCUT2D eigenvalue weighted by molar-refractivity contribution is -0.125. The summed E-state index contributed by atoms with van der Waals surface area (Å²) in [6.07, 6.45) is 2.05. The maximum Gasteiger partial charge on any atom is 0.269 e. The van der Waals surface area contributed by atoms with Crippen molar-refractivity contribution < 1.29 is 14.4 Å². The summed E-state index contributed by atoms with van der Waals surface area (Å²) < 4.78 is 0. The van der Waals surface area contributed by atoms with Crippen LogP contribution >= 0.6 is 23.2 Å². The Morgan fingerprint density at radius 3 is 2.48 bits per heavy atom. The molecule has 0 radical (unpaired) electrons. The zero-order chi connectivity index (χ0) is 21.0. The molecule has 8 heteroatoms. The van der Waals surface area contributed by atoms with Gasteiger partial charge in [-0.1, -0.05) is 42.3 Å². The van der Waals surface area contributed by atoms with Gasteiger partial charge in [0, 0.05) is 17.1 Å². The Labute approximate surface area is 179 Å². The minimum atomic E-state index is -0.694. The van der Waals surface area contributed by atoms with Gasteiger partial charge in [-0.25, -0.2) is 0 Å². The molecule has 0 saturated carbocycles. The van der Waals surface area contributed by atoms with E-state index < -0.39 is 17.9 Å². The smallest absolute Gasteiger partial charge is 0.269 e. The van der Waals surface area contributed by atoms with Gasteiger partial charge in [-0.15, -0.1) is 0 Å². The number of nitrogens with one attached hydrogen (secondary N) is 2. The number of hydrazine groups is 1. The molecule has 0 aromatic heterocycles. The summed E-state index contributed by atoms with van der Waals surface area (Å²) in [6.45, 7) is 2.45. The molecule has 2 aromatic carbocycles. The fourth-order valence-corrected chi connectivity index (χ4v) is 3.63. The highest BCUT2D eigenvalue weighted by Crippen LogP contribution is 2.26. The number of benzene rings is 2. The van der Waals surface area contributed by atoms with E-state index in [1.165, 1.54) is 11.0 Å². The van der Waals surface area contributed by atoms with Gasteiger partial charge in [0.05, 0.1) is 10.6 Å². The predicted octanol–water partition coefficient (Wildman–Crippen LogP) is 3.62. The van der Waals surface area contributed by atoms with Crippen molar-refractivity contribution in [2.75, 3.05) is 6.54 Å². The van der Waals surface area contributed by atoms with Crippen molar-refractivity contribution in [2.45, 2.75) is 32.2 Å². The van der Waals surface area contributed by atoms with Gasteiger partial charge in [0.25, 0.3) is 17.7 Å². The molecule has 3 amide bonds. The Balaban J connectivity index is 1.64. The average Bonchev–Trinajstić information content (AvgIpc) is 3.23. The van der Waals surface area contributed by atoms with Crippen LogP contribution in [0.1, 0.15) is 46.0 Å². The zero-order valence-corrected chi connectivity index (χ0v) is 17.4. The van der Waals surface area contributed by atoms with Gasteiger partial charge in [0.2, 0.25) is 0 Å². The highest BCUT2D eigenvalue weighted by Gasteiger charge is 2.35. The van der Waals surface area contributed by atoms with Gasteiger partial charge in [-0.05, 0) is 55.2 Å². The van der Waals surface area contributed by atoms with Crippen molar-refractivity contribution in [1.82, 2.24) is 15.8 Å². The standard InChI is InChI=1S/C21H21Cl2N3O3/c1-2-13-5-7-14(8-6-13)19(27)24-25-20(28)18-4-3-11-26(18)21(29)16-12-15(22)9-10-17(16)23/h5-10,12,18H,2-4,11H2,1H3,(H,24,27)(H,25,28). The van der Waals surface area contributed by atoms with Crippen molar-refractivity contribution >= 4 is 40.9 Å². The number of hydrogen-bond donors (Lipinski definition) is 2.